The maximum Gasteiger partial charge on any atom is 0.229 e. The lowest BCUT2D eigenvalue weighted by molar-refractivity contribution is 0.112. The molecule has 0 aliphatic rings. The average molecular weight is 250 g/mol. The second kappa shape index (κ2) is 3.87. The van der Waals surface area contributed by atoms with Gasteiger partial charge in [-0.2, -0.15) is 4.98 Å². The van der Waals surface area contributed by atoms with Gasteiger partial charge in [-0.15, -0.1) is 0 Å². The van der Waals surface area contributed by atoms with Gasteiger partial charge in [-0.25, -0.2) is 0 Å². The summed E-state index contributed by atoms with van der Waals surface area (Å²) in [5.74, 6) is 0.366. The predicted molar refractivity (Wildman–Crippen MR) is 48.9 cm³/mol. The topological polar surface area (TPSA) is 39.2 Å². The van der Waals surface area contributed by atoms with E-state index in [0.717, 1.165) is 0 Å². The van der Waals surface area contributed by atoms with Crippen molar-refractivity contribution in [1.29, 1.82) is 0 Å². The summed E-state index contributed by atoms with van der Waals surface area (Å²) >= 11 is 8.81. The van der Waals surface area contributed by atoms with Crippen molar-refractivity contribution in [3.63, 3.8) is 0 Å². The van der Waals surface area contributed by atoms with Crippen molar-refractivity contribution in [1.82, 2.24) is 4.98 Å². The molecule has 0 aromatic carbocycles. The first-order valence-electron chi connectivity index (χ1n) is 3.04. The van der Waals surface area contributed by atoms with E-state index in [0.29, 0.717) is 22.2 Å². The Balaban J connectivity index is 3.25. The highest BCUT2D eigenvalue weighted by Gasteiger charge is 2.07. The van der Waals surface area contributed by atoms with Crippen LogP contribution in [-0.2, 0) is 0 Å². The fraction of sp³-hybridized carbons (Fsp3) is 0.143. The molecule has 0 saturated heterocycles. The molecule has 0 spiro atoms. The molecule has 0 atom stereocenters. The third kappa shape index (κ3) is 1.76. The largest absolute Gasteiger partial charge is 0.480 e. The second-order valence-corrected chi connectivity index (χ2v) is 3.19. The van der Waals surface area contributed by atoms with Crippen LogP contribution in [0.4, 0.5) is 0 Å². The van der Waals surface area contributed by atoms with Gasteiger partial charge in [-0.1, -0.05) is 11.6 Å². The first-order valence-corrected chi connectivity index (χ1v) is 4.21. The minimum atomic E-state index is 0.144. The molecule has 3 nitrogen and oxygen atoms in total. The number of carbonyl (C=O) groups excluding carboxylic acids is 1. The number of pyridine rings is 1. The van der Waals surface area contributed by atoms with Crippen LogP contribution in [0.15, 0.2) is 10.5 Å². The normalized spacial score (nSPS) is 9.58. The van der Waals surface area contributed by atoms with Gasteiger partial charge in [0.15, 0.2) is 6.29 Å². The number of methoxy groups -OCH3 is 1. The van der Waals surface area contributed by atoms with Gasteiger partial charge in [-0.3, -0.25) is 4.79 Å². The molecule has 0 fully saturated rings. The van der Waals surface area contributed by atoms with Crippen LogP contribution < -0.4 is 4.74 Å². The molecule has 1 aromatic heterocycles. The smallest absolute Gasteiger partial charge is 0.229 e. The molecule has 0 bridgehead atoms. The quantitative estimate of drug-likeness (QED) is 0.597. The van der Waals surface area contributed by atoms with E-state index >= 15 is 0 Å². The summed E-state index contributed by atoms with van der Waals surface area (Å²) in [5, 5.41) is 0.144. The highest BCUT2D eigenvalue weighted by atomic mass is 79.9. The standard InChI is InChI=1S/C7H5BrClNO2/c1-12-7-5(8)2-4(3-11)6(9)10-7/h2-3H,1H3. The van der Waals surface area contributed by atoms with Crippen molar-refractivity contribution in [3.8, 4) is 5.88 Å². The number of halogens is 2. The first-order chi connectivity index (χ1) is 5.69. The van der Waals surface area contributed by atoms with Gasteiger partial charge >= 0.3 is 0 Å². The number of rotatable bonds is 2. The maximum atomic E-state index is 10.4. The SMILES string of the molecule is COc1nc(Cl)c(C=O)cc1Br. The van der Waals surface area contributed by atoms with Crippen molar-refractivity contribution in [2.45, 2.75) is 0 Å². The van der Waals surface area contributed by atoms with E-state index in [4.69, 9.17) is 16.3 Å². The molecule has 0 saturated carbocycles. The summed E-state index contributed by atoms with van der Waals surface area (Å²) in [6.45, 7) is 0. The average Bonchev–Trinajstić information content (AvgIpc) is 2.08. The maximum absolute atomic E-state index is 10.4. The molecule has 5 heteroatoms. The molecule has 0 unspecified atom stereocenters. The number of carbonyl (C=O) groups is 1. The van der Waals surface area contributed by atoms with Gasteiger partial charge in [0, 0.05) is 0 Å². The Labute approximate surface area is 82.8 Å². The lowest BCUT2D eigenvalue weighted by Gasteiger charge is -2.02. The summed E-state index contributed by atoms with van der Waals surface area (Å²) in [6.07, 6.45) is 0.638. The molecule has 1 heterocycles. The van der Waals surface area contributed by atoms with Crippen LogP contribution in [-0.4, -0.2) is 18.4 Å². The fourth-order valence-electron chi connectivity index (χ4n) is 0.691. The zero-order valence-corrected chi connectivity index (χ0v) is 8.52. The van der Waals surface area contributed by atoms with Gasteiger partial charge in [0.1, 0.15) is 5.15 Å². The predicted octanol–water partition coefficient (Wildman–Crippen LogP) is 2.32. The van der Waals surface area contributed by atoms with E-state index < -0.39 is 0 Å². The van der Waals surface area contributed by atoms with Crippen molar-refractivity contribution in [2.75, 3.05) is 7.11 Å². The van der Waals surface area contributed by atoms with Crippen LogP contribution in [0.1, 0.15) is 10.4 Å². The summed E-state index contributed by atoms with van der Waals surface area (Å²) < 4.78 is 5.47. The van der Waals surface area contributed by atoms with E-state index in [1.54, 1.807) is 6.07 Å². The Kier molecular flexibility index (Phi) is 3.05. The van der Waals surface area contributed by atoms with Crippen molar-refractivity contribution in [2.24, 2.45) is 0 Å². The molecule has 0 radical (unpaired) electrons. The van der Waals surface area contributed by atoms with E-state index in [9.17, 15) is 4.79 Å². The van der Waals surface area contributed by atoms with Gasteiger partial charge in [-0.05, 0) is 22.0 Å². The van der Waals surface area contributed by atoms with Crippen molar-refractivity contribution in [3.05, 3.63) is 21.3 Å². The van der Waals surface area contributed by atoms with Crippen molar-refractivity contribution >= 4 is 33.8 Å². The van der Waals surface area contributed by atoms with Gasteiger partial charge in [0.2, 0.25) is 5.88 Å². The van der Waals surface area contributed by atoms with Gasteiger partial charge in [0.25, 0.3) is 0 Å². The minimum absolute atomic E-state index is 0.144. The molecule has 12 heavy (non-hydrogen) atoms. The molecule has 0 N–H and O–H groups in total. The number of nitrogens with zero attached hydrogens (tertiary/aromatic N) is 1. The van der Waals surface area contributed by atoms with Crippen LogP contribution in [0.5, 0.6) is 5.88 Å². The lowest BCUT2D eigenvalue weighted by atomic mass is 10.3. The summed E-state index contributed by atoms with van der Waals surface area (Å²) in [4.78, 5) is 14.2. The minimum Gasteiger partial charge on any atom is -0.480 e. The summed E-state index contributed by atoms with van der Waals surface area (Å²) in [7, 11) is 1.48. The molecule has 1 rings (SSSR count). The fourth-order valence-corrected chi connectivity index (χ4v) is 1.36. The third-order valence-corrected chi connectivity index (χ3v) is 2.12. The molecule has 64 valence electrons. The van der Waals surface area contributed by atoms with E-state index in [1.807, 2.05) is 0 Å². The van der Waals surface area contributed by atoms with Crippen LogP contribution in [0.2, 0.25) is 5.15 Å². The van der Waals surface area contributed by atoms with Crippen LogP contribution >= 0.6 is 27.5 Å². The molecule has 0 aliphatic carbocycles. The van der Waals surface area contributed by atoms with E-state index in [1.165, 1.54) is 7.11 Å². The summed E-state index contributed by atoms with van der Waals surface area (Å²) in [6, 6.07) is 1.56. The lowest BCUT2D eigenvalue weighted by Crippen LogP contribution is -1.93. The van der Waals surface area contributed by atoms with Crippen LogP contribution in [0, 0.1) is 0 Å². The molecule has 1 aromatic rings. The third-order valence-electron chi connectivity index (χ3n) is 1.24. The number of hydrogen-bond donors (Lipinski definition) is 0. The summed E-state index contributed by atoms with van der Waals surface area (Å²) in [5.41, 5.74) is 0.337. The Hall–Kier alpha value is -0.610. The number of hydrogen-bond acceptors (Lipinski definition) is 3. The van der Waals surface area contributed by atoms with Crippen LogP contribution in [0.25, 0.3) is 0 Å². The molecule has 0 amide bonds. The number of ether oxygens (including phenoxy) is 1. The van der Waals surface area contributed by atoms with E-state index in [-0.39, 0.29) is 5.15 Å². The van der Waals surface area contributed by atoms with Crippen molar-refractivity contribution < 1.29 is 9.53 Å². The van der Waals surface area contributed by atoms with Crippen LogP contribution in [0.3, 0.4) is 0 Å². The zero-order valence-electron chi connectivity index (χ0n) is 6.17. The molecule has 0 aliphatic heterocycles. The monoisotopic (exact) mass is 249 g/mol. The number of aromatic nitrogens is 1. The molecular formula is C7H5BrClNO2. The Morgan fingerprint density at radius 2 is 2.42 bits per heavy atom. The Morgan fingerprint density at radius 3 is 2.92 bits per heavy atom. The zero-order chi connectivity index (χ0) is 9.14. The molecular weight excluding hydrogens is 245 g/mol. The Bertz CT molecular complexity index is 317. The van der Waals surface area contributed by atoms with Gasteiger partial charge in [0.05, 0.1) is 17.1 Å². The Morgan fingerprint density at radius 1 is 1.75 bits per heavy atom. The van der Waals surface area contributed by atoms with Gasteiger partial charge < -0.3 is 4.74 Å². The second-order valence-electron chi connectivity index (χ2n) is 1.98. The van der Waals surface area contributed by atoms with E-state index in [2.05, 4.69) is 20.9 Å². The number of aldehydes is 1. The first kappa shape index (κ1) is 9.48. The highest BCUT2D eigenvalue weighted by Crippen LogP contribution is 2.26. The highest BCUT2D eigenvalue weighted by molar-refractivity contribution is 9.10.